The summed E-state index contributed by atoms with van der Waals surface area (Å²) in [5, 5.41) is 9.51. The van der Waals surface area contributed by atoms with E-state index >= 15 is 0 Å². The summed E-state index contributed by atoms with van der Waals surface area (Å²) in [5.41, 5.74) is 0.770. The SMILES string of the molecule is OC1CCCC(c2ccccc2F)C1. The highest BCUT2D eigenvalue weighted by molar-refractivity contribution is 5.22. The topological polar surface area (TPSA) is 20.2 Å². The third kappa shape index (κ3) is 1.95. The van der Waals surface area contributed by atoms with Gasteiger partial charge in [0.1, 0.15) is 5.82 Å². The molecule has 2 atom stereocenters. The van der Waals surface area contributed by atoms with Gasteiger partial charge in [0.05, 0.1) is 6.10 Å². The van der Waals surface area contributed by atoms with Crippen molar-refractivity contribution < 1.29 is 9.50 Å². The van der Waals surface area contributed by atoms with Crippen molar-refractivity contribution in [1.29, 1.82) is 0 Å². The van der Waals surface area contributed by atoms with Crippen molar-refractivity contribution in [3.63, 3.8) is 0 Å². The second-order valence-corrected chi connectivity index (χ2v) is 4.04. The van der Waals surface area contributed by atoms with Gasteiger partial charge in [0.15, 0.2) is 0 Å². The van der Waals surface area contributed by atoms with Crippen molar-refractivity contribution in [2.45, 2.75) is 37.7 Å². The standard InChI is InChI=1S/C12H15FO/c13-12-7-2-1-6-11(12)9-4-3-5-10(14)8-9/h1-2,6-7,9-10,14H,3-5,8H2. The van der Waals surface area contributed by atoms with Gasteiger partial charge in [0.25, 0.3) is 0 Å². The van der Waals surface area contributed by atoms with Gasteiger partial charge in [-0.2, -0.15) is 0 Å². The van der Waals surface area contributed by atoms with Crippen molar-refractivity contribution in [3.05, 3.63) is 35.6 Å². The minimum atomic E-state index is -0.242. The number of halogens is 1. The van der Waals surface area contributed by atoms with Crippen LogP contribution >= 0.6 is 0 Å². The molecule has 1 aliphatic rings. The molecule has 0 radical (unpaired) electrons. The van der Waals surface area contributed by atoms with Gasteiger partial charge in [0.2, 0.25) is 0 Å². The Morgan fingerprint density at radius 3 is 2.71 bits per heavy atom. The van der Waals surface area contributed by atoms with Crippen LogP contribution in [0.1, 0.15) is 37.2 Å². The molecule has 0 aromatic heterocycles. The van der Waals surface area contributed by atoms with Crippen LogP contribution < -0.4 is 0 Å². The first-order valence-electron chi connectivity index (χ1n) is 5.20. The van der Waals surface area contributed by atoms with E-state index in [2.05, 4.69) is 0 Å². The molecule has 1 nitrogen and oxygen atoms in total. The molecule has 76 valence electrons. The van der Waals surface area contributed by atoms with E-state index in [0.29, 0.717) is 6.42 Å². The van der Waals surface area contributed by atoms with Gasteiger partial charge >= 0.3 is 0 Å². The maximum atomic E-state index is 13.4. The minimum absolute atomic E-state index is 0.133. The summed E-state index contributed by atoms with van der Waals surface area (Å²) in [5.74, 6) is 0.0755. The summed E-state index contributed by atoms with van der Waals surface area (Å²) in [4.78, 5) is 0. The fourth-order valence-corrected chi connectivity index (χ4v) is 2.25. The molecule has 1 aliphatic carbocycles. The van der Waals surface area contributed by atoms with E-state index in [1.54, 1.807) is 6.07 Å². The van der Waals surface area contributed by atoms with E-state index in [0.717, 1.165) is 24.8 Å². The molecule has 2 rings (SSSR count). The number of hydrogen-bond donors (Lipinski definition) is 1. The average Bonchev–Trinajstić information content (AvgIpc) is 2.18. The van der Waals surface area contributed by atoms with E-state index in [4.69, 9.17) is 0 Å². The first-order chi connectivity index (χ1) is 6.77. The molecule has 1 saturated carbocycles. The Bertz CT molecular complexity index is 311. The number of aliphatic hydroxyl groups is 1. The molecule has 1 aromatic carbocycles. The lowest BCUT2D eigenvalue weighted by molar-refractivity contribution is 0.119. The van der Waals surface area contributed by atoms with Crippen LogP contribution in [0.4, 0.5) is 4.39 Å². The first kappa shape index (κ1) is 9.66. The van der Waals surface area contributed by atoms with Crippen LogP contribution in [0.3, 0.4) is 0 Å². The number of benzene rings is 1. The summed E-state index contributed by atoms with van der Waals surface area (Å²) >= 11 is 0. The molecule has 0 saturated heterocycles. The second kappa shape index (κ2) is 4.09. The fraction of sp³-hybridized carbons (Fsp3) is 0.500. The third-order valence-electron chi connectivity index (χ3n) is 2.99. The highest BCUT2D eigenvalue weighted by Gasteiger charge is 2.23. The highest BCUT2D eigenvalue weighted by Crippen LogP contribution is 2.33. The highest BCUT2D eigenvalue weighted by atomic mass is 19.1. The monoisotopic (exact) mass is 194 g/mol. The minimum Gasteiger partial charge on any atom is -0.393 e. The van der Waals surface area contributed by atoms with Crippen molar-refractivity contribution in [2.75, 3.05) is 0 Å². The predicted octanol–water partition coefficient (Wildman–Crippen LogP) is 2.84. The normalized spacial score (nSPS) is 27.6. The quantitative estimate of drug-likeness (QED) is 0.728. The lowest BCUT2D eigenvalue weighted by Gasteiger charge is -2.26. The van der Waals surface area contributed by atoms with Gasteiger partial charge in [-0.1, -0.05) is 24.6 Å². The van der Waals surface area contributed by atoms with Crippen molar-refractivity contribution >= 4 is 0 Å². The largest absolute Gasteiger partial charge is 0.393 e. The van der Waals surface area contributed by atoms with Crippen LogP contribution in [-0.2, 0) is 0 Å². The molecule has 1 fully saturated rings. The molecule has 0 aliphatic heterocycles. The zero-order valence-electron chi connectivity index (χ0n) is 8.12. The summed E-state index contributed by atoms with van der Waals surface area (Å²) in [6.45, 7) is 0. The Morgan fingerprint density at radius 1 is 1.21 bits per heavy atom. The van der Waals surface area contributed by atoms with Crippen LogP contribution in [0.2, 0.25) is 0 Å². The van der Waals surface area contributed by atoms with Crippen molar-refractivity contribution in [3.8, 4) is 0 Å². The zero-order valence-corrected chi connectivity index (χ0v) is 8.12. The van der Waals surface area contributed by atoms with Gasteiger partial charge in [-0.3, -0.25) is 0 Å². The zero-order chi connectivity index (χ0) is 9.97. The summed E-state index contributed by atoms with van der Waals surface area (Å²) in [7, 11) is 0. The number of hydrogen-bond acceptors (Lipinski definition) is 1. The van der Waals surface area contributed by atoms with Gasteiger partial charge in [-0.15, -0.1) is 0 Å². The Balaban J connectivity index is 2.18. The number of aliphatic hydroxyl groups excluding tert-OH is 1. The molecule has 2 unspecified atom stereocenters. The summed E-state index contributed by atoms with van der Waals surface area (Å²) in [6.07, 6.45) is 3.33. The van der Waals surface area contributed by atoms with Crippen LogP contribution in [0.5, 0.6) is 0 Å². The van der Waals surface area contributed by atoms with Crippen LogP contribution in [0.15, 0.2) is 24.3 Å². The molecule has 2 heteroatoms. The maximum Gasteiger partial charge on any atom is 0.126 e. The summed E-state index contributed by atoms with van der Waals surface area (Å²) in [6, 6.07) is 6.89. The first-order valence-corrected chi connectivity index (χ1v) is 5.20. The predicted molar refractivity (Wildman–Crippen MR) is 53.6 cm³/mol. The van der Waals surface area contributed by atoms with Gasteiger partial charge in [-0.25, -0.2) is 4.39 Å². The average molecular weight is 194 g/mol. The third-order valence-corrected chi connectivity index (χ3v) is 2.99. The van der Waals surface area contributed by atoms with Crippen LogP contribution in [0, 0.1) is 5.82 Å². The van der Waals surface area contributed by atoms with Crippen molar-refractivity contribution in [2.24, 2.45) is 0 Å². The maximum absolute atomic E-state index is 13.4. The van der Waals surface area contributed by atoms with Crippen LogP contribution in [-0.4, -0.2) is 11.2 Å². The van der Waals surface area contributed by atoms with Gasteiger partial charge in [0, 0.05) is 0 Å². The lowest BCUT2D eigenvalue weighted by atomic mass is 9.82. The molecule has 1 aromatic rings. The molecular weight excluding hydrogens is 179 g/mol. The Morgan fingerprint density at radius 2 is 2.00 bits per heavy atom. The second-order valence-electron chi connectivity index (χ2n) is 4.04. The van der Waals surface area contributed by atoms with E-state index < -0.39 is 0 Å². The lowest BCUT2D eigenvalue weighted by Crippen LogP contribution is -2.18. The Kier molecular flexibility index (Phi) is 2.82. The van der Waals surface area contributed by atoms with E-state index in [1.165, 1.54) is 6.07 Å². The van der Waals surface area contributed by atoms with E-state index in [1.807, 2.05) is 12.1 Å². The molecule has 0 bridgehead atoms. The molecule has 0 heterocycles. The smallest absolute Gasteiger partial charge is 0.126 e. The van der Waals surface area contributed by atoms with E-state index in [-0.39, 0.29) is 17.8 Å². The van der Waals surface area contributed by atoms with Crippen molar-refractivity contribution in [1.82, 2.24) is 0 Å². The van der Waals surface area contributed by atoms with Crippen LogP contribution in [0.25, 0.3) is 0 Å². The molecule has 0 spiro atoms. The van der Waals surface area contributed by atoms with Gasteiger partial charge < -0.3 is 5.11 Å². The van der Waals surface area contributed by atoms with E-state index in [9.17, 15) is 9.50 Å². The fourth-order valence-electron chi connectivity index (χ4n) is 2.25. The molecule has 1 N–H and O–H groups in total. The molecular formula is C12H15FO. The molecule has 14 heavy (non-hydrogen) atoms. The Labute approximate surface area is 83.6 Å². The molecule has 0 amide bonds. The van der Waals surface area contributed by atoms with Gasteiger partial charge in [-0.05, 0) is 36.8 Å². The Hall–Kier alpha value is -0.890. The summed E-state index contributed by atoms with van der Waals surface area (Å²) < 4.78 is 13.4. The number of rotatable bonds is 1.